The van der Waals surface area contributed by atoms with Gasteiger partial charge in [-0.1, -0.05) is 6.92 Å². The van der Waals surface area contributed by atoms with Crippen LogP contribution in [-0.4, -0.2) is 48.2 Å². The van der Waals surface area contributed by atoms with Crippen LogP contribution in [0, 0.1) is 0 Å². The second-order valence-corrected chi connectivity index (χ2v) is 4.01. The highest BCUT2D eigenvalue weighted by Gasteiger charge is 2.33. The maximum Gasteiger partial charge on any atom is 0.323 e. The topological polar surface area (TPSA) is 52.6 Å². The third-order valence-electron chi connectivity index (χ3n) is 2.98. The number of carboxylic acid groups (broad SMARTS) is 1. The summed E-state index contributed by atoms with van der Waals surface area (Å²) in [6.45, 7) is 6.76. The minimum atomic E-state index is -0.831. The molecule has 0 aliphatic rings. The summed E-state index contributed by atoms with van der Waals surface area (Å²) >= 11 is 0. The van der Waals surface area contributed by atoms with Crippen LogP contribution >= 0.6 is 0 Å². The first-order valence-electron chi connectivity index (χ1n) is 5.00. The minimum absolute atomic E-state index is 0.258. The van der Waals surface area contributed by atoms with Gasteiger partial charge in [-0.2, -0.15) is 0 Å². The third-order valence-corrected chi connectivity index (χ3v) is 2.98. The molecule has 84 valence electrons. The molecule has 2 atom stereocenters. The van der Waals surface area contributed by atoms with Crippen molar-refractivity contribution in [2.75, 3.05) is 20.6 Å². The Morgan fingerprint density at radius 3 is 2.43 bits per heavy atom. The summed E-state index contributed by atoms with van der Waals surface area (Å²) in [5, 5.41) is 11.9. The van der Waals surface area contributed by atoms with Gasteiger partial charge in [0.1, 0.15) is 5.54 Å². The highest BCUT2D eigenvalue weighted by molar-refractivity contribution is 5.78. The number of hydrogen-bond acceptors (Lipinski definition) is 3. The van der Waals surface area contributed by atoms with E-state index in [2.05, 4.69) is 17.1 Å². The van der Waals surface area contributed by atoms with E-state index in [1.807, 2.05) is 14.0 Å². The van der Waals surface area contributed by atoms with E-state index >= 15 is 0 Å². The van der Waals surface area contributed by atoms with Gasteiger partial charge in [-0.05, 0) is 40.9 Å². The van der Waals surface area contributed by atoms with Crippen LogP contribution in [0.25, 0.3) is 0 Å². The van der Waals surface area contributed by atoms with Crippen molar-refractivity contribution in [2.45, 2.75) is 38.8 Å². The lowest BCUT2D eigenvalue weighted by molar-refractivity contribution is -0.144. The second-order valence-electron chi connectivity index (χ2n) is 4.01. The van der Waals surface area contributed by atoms with Crippen molar-refractivity contribution in [1.82, 2.24) is 10.2 Å². The minimum Gasteiger partial charge on any atom is -0.480 e. The van der Waals surface area contributed by atoms with Crippen LogP contribution in [0.1, 0.15) is 27.2 Å². The molecule has 2 unspecified atom stereocenters. The van der Waals surface area contributed by atoms with Crippen molar-refractivity contribution in [2.24, 2.45) is 0 Å². The molecular weight excluding hydrogens is 180 g/mol. The van der Waals surface area contributed by atoms with Gasteiger partial charge in [0.25, 0.3) is 0 Å². The molecule has 0 rings (SSSR count). The van der Waals surface area contributed by atoms with Crippen molar-refractivity contribution < 1.29 is 9.90 Å². The van der Waals surface area contributed by atoms with Crippen LogP contribution in [0.5, 0.6) is 0 Å². The molecule has 0 spiro atoms. The summed E-state index contributed by atoms with van der Waals surface area (Å²) in [7, 11) is 3.69. The lowest BCUT2D eigenvalue weighted by atomic mass is 9.93. The molecule has 0 saturated heterocycles. The van der Waals surface area contributed by atoms with Gasteiger partial charge in [-0.15, -0.1) is 0 Å². The summed E-state index contributed by atoms with van der Waals surface area (Å²) in [6.07, 6.45) is 0.600. The van der Waals surface area contributed by atoms with Gasteiger partial charge in [0.05, 0.1) is 0 Å². The molecule has 0 aromatic carbocycles. The van der Waals surface area contributed by atoms with Crippen molar-refractivity contribution in [1.29, 1.82) is 0 Å². The van der Waals surface area contributed by atoms with E-state index in [0.717, 1.165) is 6.54 Å². The Labute approximate surface area is 86.3 Å². The van der Waals surface area contributed by atoms with Gasteiger partial charge < -0.3 is 15.3 Å². The molecule has 0 amide bonds. The summed E-state index contributed by atoms with van der Waals surface area (Å²) in [4.78, 5) is 13.2. The summed E-state index contributed by atoms with van der Waals surface area (Å²) in [5.74, 6) is -0.795. The molecular formula is C10H22N2O2. The Kier molecular flexibility index (Phi) is 5.08. The lowest BCUT2D eigenvalue weighted by Gasteiger charge is -2.31. The van der Waals surface area contributed by atoms with Crippen molar-refractivity contribution in [3.8, 4) is 0 Å². The van der Waals surface area contributed by atoms with E-state index in [1.165, 1.54) is 0 Å². The molecule has 0 saturated carbocycles. The Bertz CT molecular complexity index is 197. The van der Waals surface area contributed by atoms with E-state index in [-0.39, 0.29) is 6.04 Å². The molecule has 4 heteroatoms. The standard InChI is InChI=1S/C10H22N2O2/c1-6-12(5)8(2)7-10(3,11-4)9(13)14/h8,11H,6-7H2,1-5H3,(H,13,14). The Hall–Kier alpha value is -0.610. The smallest absolute Gasteiger partial charge is 0.323 e. The molecule has 2 N–H and O–H groups in total. The molecule has 0 aliphatic carbocycles. The van der Waals surface area contributed by atoms with Gasteiger partial charge in [0, 0.05) is 6.04 Å². The fourth-order valence-electron chi connectivity index (χ4n) is 1.35. The molecule has 0 heterocycles. The van der Waals surface area contributed by atoms with E-state index in [4.69, 9.17) is 5.11 Å². The van der Waals surface area contributed by atoms with Crippen molar-refractivity contribution >= 4 is 5.97 Å². The molecule has 14 heavy (non-hydrogen) atoms. The molecule has 0 aromatic rings. The van der Waals surface area contributed by atoms with Crippen LogP contribution in [0.4, 0.5) is 0 Å². The van der Waals surface area contributed by atoms with E-state index in [1.54, 1.807) is 14.0 Å². The molecule has 0 bridgehead atoms. The zero-order valence-electron chi connectivity index (χ0n) is 9.79. The average molecular weight is 202 g/mol. The van der Waals surface area contributed by atoms with Crippen LogP contribution in [0.3, 0.4) is 0 Å². The van der Waals surface area contributed by atoms with Gasteiger partial charge >= 0.3 is 5.97 Å². The molecule has 0 fully saturated rings. The first kappa shape index (κ1) is 13.4. The second kappa shape index (κ2) is 5.32. The monoisotopic (exact) mass is 202 g/mol. The van der Waals surface area contributed by atoms with E-state index in [0.29, 0.717) is 6.42 Å². The fraction of sp³-hybridized carbons (Fsp3) is 0.900. The van der Waals surface area contributed by atoms with Crippen molar-refractivity contribution in [3.05, 3.63) is 0 Å². The SMILES string of the molecule is CCN(C)C(C)CC(C)(NC)C(=O)O. The van der Waals surface area contributed by atoms with Crippen LogP contribution in [0.15, 0.2) is 0 Å². The average Bonchev–Trinajstić information content (AvgIpc) is 2.15. The number of likely N-dealkylation sites (N-methyl/N-ethyl adjacent to an activating group) is 1. The summed E-state index contributed by atoms with van der Waals surface area (Å²) < 4.78 is 0. The zero-order chi connectivity index (χ0) is 11.4. The van der Waals surface area contributed by atoms with Crippen molar-refractivity contribution in [3.63, 3.8) is 0 Å². The Morgan fingerprint density at radius 2 is 2.14 bits per heavy atom. The lowest BCUT2D eigenvalue weighted by Crippen LogP contribution is -2.51. The summed E-state index contributed by atoms with van der Waals surface area (Å²) in [6, 6.07) is 0.258. The number of nitrogens with one attached hydrogen (secondary N) is 1. The number of carbonyl (C=O) groups is 1. The van der Waals surface area contributed by atoms with E-state index in [9.17, 15) is 4.79 Å². The quantitative estimate of drug-likeness (QED) is 0.668. The van der Waals surface area contributed by atoms with Crippen LogP contribution in [-0.2, 0) is 4.79 Å². The van der Waals surface area contributed by atoms with Crippen LogP contribution in [0.2, 0.25) is 0 Å². The maximum atomic E-state index is 11.0. The number of hydrogen-bond donors (Lipinski definition) is 2. The molecule has 0 radical (unpaired) electrons. The predicted octanol–water partition coefficient (Wildman–Crippen LogP) is 0.779. The highest BCUT2D eigenvalue weighted by atomic mass is 16.4. The van der Waals surface area contributed by atoms with Gasteiger partial charge in [0.15, 0.2) is 0 Å². The summed E-state index contributed by atoms with van der Waals surface area (Å²) in [5.41, 5.74) is -0.831. The van der Waals surface area contributed by atoms with E-state index < -0.39 is 11.5 Å². The number of nitrogens with zero attached hydrogens (tertiary/aromatic N) is 1. The largest absolute Gasteiger partial charge is 0.480 e. The third kappa shape index (κ3) is 3.27. The first-order chi connectivity index (χ1) is 6.37. The number of rotatable bonds is 6. The Morgan fingerprint density at radius 1 is 1.64 bits per heavy atom. The van der Waals surface area contributed by atoms with Gasteiger partial charge in [0.2, 0.25) is 0 Å². The number of carboxylic acids is 1. The number of aliphatic carboxylic acids is 1. The Balaban J connectivity index is 4.39. The molecule has 0 aliphatic heterocycles. The maximum absolute atomic E-state index is 11.0. The first-order valence-corrected chi connectivity index (χ1v) is 5.00. The van der Waals surface area contributed by atoms with Gasteiger partial charge in [-0.25, -0.2) is 0 Å². The highest BCUT2D eigenvalue weighted by Crippen LogP contribution is 2.15. The zero-order valence-corrected chi connectivity index (χ0v) is 9.79. The fourth-order valence-corrected chi connectivity index (χ4v) is 1.35. The normalized spacial score (nSPS) is 17.9. The van der Waals surface area contributed by atoms with Gasteiger partial charge in [-0.3, -0.25) is 4.79 Å². The molecule has 0 aromatic heterocycles. The predicted molar refractivity (Wildman–Crippen MR) is 57.5 cm³/mol. The molecule has 4 nitrogen and oxygen atoms in total. The van der Waals surface area contributed by atoms with Crippen LogP contribution < -0.4 is 5.32 Å².